The minimum atomic E-state index is -0.451. The third-order valence-electron chi connectivity index (χ3n) is 2.77. The predicted octanol–water partition coefficient (Wildman–Crippen LogP) is 2.79. The number of aliphatic hydroxyl groups excluding tert-OH is 1. The number of thiophene rings is 1. The number of nitrogens with one attached hydrogen (secondary N) is 1. The van der Waals surface area contributed by atoms with Crippen molar-refractivity contribution in [2.75, 3.05) is 6.54 Å². The van der Waals surface area contributed by atoms with Crippen LogP contribution in [0.5, 0.6) is 0 Å². The molecular weight excluding hydrogens is 246 g/mol. The van der Waals surface area contributed by atoms with Crippen molar-refractivity contribution in [1.29, 1.82) is 0 Å². The summed E-state index contributed by atoms with van der Waals surface area (Å²) in [6, 6.07) is 9.81. The van der Waals surface area contributed by atoms with Gasteiger partial charge in [0, 0.05) is 11.2 Å². The summed E-state index contributed by atoms with van der Waals surface area (Å²) in [5, 5.41) is 13.4. The van der Waals surface area contributed by atoms with Gasteiger partial charge in [0.1, 0.15) is 0 Å². The summed E-state index contributed by atoms with van der Waals surface area (Å²) in [4.78, 5) is 12.6. The standard InChI is InChI=1S/C14H17NO2S/c1-2-5-11(16)9-15-14(17)13-8-10-6-3-4-7-12(10)18-13/h3-4,6-8,11,16H,2,5,9H2,1H3,(H,15,17). The topological polar surface area (TPSA) is 49.3 Å². The number of hydrogen-bond acceptors (Lipinski definition) is 3. The molecule has 0 bridgehead atoms. The minimum Gasteiger partial charge on any atom is -0.391 e. The second kappa shape index (κ2) is 5.98. The maximum Gasteiger partial charge on any atom is 0.261 e. The summed E-state index contributed by atoms with van der Waals surface area (Å²) >= 11 is 1.48. The van der Waals surface area contributed by atoms with E-state index in [2.05, 4.69) is 5.32 Å². The summed E-state index contributed by atoms with van der Waals surface area (Å²) in [5.74, 6) is -0.105. The molecule has 2 aromatic rings. The highest BCUT2D eigenvalue weighted by Gasteiger charge is 2.11. The van der Waals surface area contributed by atoms with Crippen molar-refractivity contribution < 1.29 is 9.90 Å². The van der Waals surface area contributed by atoms with E-state index in [1.807, 2.05) is 37.3 Å². The molecule has 1 aromatic heterocycles. The monoisotopic (exact) mass is 263 g/mol. The Balaban J connectivity index is 2.00. The molecule has 0 spiro atoms. The van der Waals surface area contributed by atoms with Crippen molar-refractivity contribution in [3.63, 3.8) is 0 Å². The zero-order valence-corrected chi connectivity index (χ0v) is 11.2. The van der Waals surface area contributed by atoms with E-state index in [0.29, 0.717) is 17.8 Å². The van der Waals surface area contributed by atoms with Gasteiger partial charge in [-0.3, -0.25) is 4.79 Å². The van der Waals surface area contributed by atoms with Crippen LogP contribution in [0.3, 0.4) is 0 Å². The normalized spacial score (nSPS) is 12.6. The molecule has 0 saturated heterocycles. The minimum absolute atomic E-state index is 0.105. The van der Waals surface area contributed by atoms with Crippen LogP contribution in [0.15, 0.2) is 30.3 Å². The molecule has 0 fully saturated rings. The third kappa shape index (κ3) is 3.09. The van der Waals surface area contributed by atoms with E-state index in [1.54, 1.807) is 0 Å². The SMILES string of the molecule is CCCC(O)CNC(=O)c1cc2ccccc2s1. The van der Waals surface area contributed by atoms with E-state index >= 15 is 0 Å². The average Bonchev–Trinajstić information content (AvgIpc) is 2.80. The lowest BCUT2D eigenvalue weighted by Gasteiger charge is -2.09. The Morgan fingerprint density at radius 3 is 2.94 bits per heavy atom. The number of rotatable bonds is 5. The Labute approximate surface area is 110 Å². The van der Waals surface area contributed by atoms with Gasteiger partial charge in [-0.1, -0.05) is 31.5 Å². The Bertz CT molecular complexity index is 502. The van der Waals surface area contributed by atoms with Crippen LogP contribution in [0.2, 0.25) is 0 Å². The number of aliphatic hydroxyl groups is 1. The third-order valence-corrected chi connectivity index (χ3v) is 3.88. The van der Waals surface area contributed by atoms with Gasteiger partial charge in [-0.2, -0.15) is 0 Å². The average molecular weight is 263 g/mol. The maximum absolute atomic E-state index is 11.9. The molecule has 1 amide bonds. The highest BCUT2D eigenvalue weighted by Crippen LogP contribution is 2.24. The lowest BCUT2D eigenvalue weighted by atomic mass is 10.2. The van der Waals surface area contributed by atoms with Gasteiger partial charge in [-0.25, -0.2) is 0 Å². The van der Waals surface area contributed by atoms with Gasteiger partial charge in [0.05, 0.1) is 11.0 Å². The second-order valence-corrected chi connectivity index (χ2v) is 5.38. The fourth-order valence-corrected chi connectivity index (χ4v) is 2.81. The van der Waals surface area contributed by atoms with Gasteiger partial charge in [-0.05, 0) is 23.9 Å². The second-order valence-electron chi connectivity index (χ2n) is 4.30. The number of carbonyl (C=O) groups is 1. The van der Waals surface area contributed by atoms with Crippen LogP contribution in [0.4, 0.5) is 0 Å². The van der Waals surface area contributed by atoms with Crippen molar-refractivity contribution in [2.24, 2.45) is 0 Å². The summed E-state index contributed by atoms with van der Waals surface area (Å²) in [6.07, 6.45) is 1.18. The van der Waals surface area contributed by atoms with Crippen molar-refractivity contribution in [3.05, 3.63) is 35.2 Å². The molecule has 2 rings (SSSR count). The van der Waals surface area contributed by atoms with Crippen LogP contribution >= 0.6 is 11.3 Å². The van der Waals surface area contributed by atoms with Gasteiger partial charge in [0.2, 0.25) is 0 Å². The molecule has 0 aliphatic heterocycles. The maximum atomic E-state index is 11.9. The van der Waals surface area contributed by atoms with Crippen LogP contribution in [-0.4, -0.2) is 23.7 Å². The van der Waals surface area contributed by atoms with Crippen LogP contribution < -0.4 is 5.32 Å². The van der Waals surface area contributed by atoms with Gasteiger partial charge < -0.3 is 10.4 Å². The van der Waals surface area contributed by atoms with E-state index in [9.17, 15) is 9.90 Å². The molecule has 1 unspecified atom stereocenters. The molecule has 0 radical (unpaired) electrons. The first kappa shape index (κ1) is 13.1. The zero-order chi connectivity index (χ0) is 13.0. The van der Waals surface area contributed by atoms with E-state index < -0.39 is 6.10 Å². The molecule has 96 valence electrons. The first-order chi connectivity index (χ1) is 8.70. The lowest BCUT2D eigenvalue weighted by Crippen LogP contribution is -2.31. The molecule has 3 nitrogen and oxygen atoms in total. The Kier molecular flexibility index (Phi) is 4.33. The largest absolute Gasteiger partial charge is 0.391 e. The number of carbonyl (C=O) groups excluding carboxylic acids is 1. The van der Waals surface area contributed by atoms with Gasteiger partial charge >= 0.3 is 0 Å². The van der Waals surface area contributed by atoms with E-state index in [1.165, 1.54) is 11.3 Å². The number of fused-ring (bicyclic) bond motifs is 1. The highest BCUT2D eigenvalue weighted by atomic mass is 32.1. The summed E-state index contributed by atoms with van der Waals surface area (Å²) in [6.45, 7) is 2.33. The van der Waals surface area contributed by atoms with Crippen LogP contribution in [0.25, 0.3) is 10.1 Å². The van der Waals surface area contributed by atoms with Gasteiger partial charge in [-0.15, -0.1) is 11.3 Å². The smallest absolute Gasteiger partial charge is 0.261 e. The number of hydrogen-bond donors (Lipinski definition) is 2. The Morgan fingerprint density at radius 2 is 2.22 bits per heavy atom. The quantitative estimate of drug-likeness (QED) is 0.871. The summed E-state index contributed by atoms with van der Waals surface area (Å²) in [5.41, 5.74) is 0. The Morgan fingerprint density at radius 1 is 1.44 bits per heavy atom. The zero-order valence-electron chi connectivity index (χ0n) is 10.3. The molecule has 0 aliphatic rings. The molecule has 0 saturated carbocycles. The van der Waals surface area contributed by atoms with E-state index in [4.69, 9.17) is 0 Å². The molecule has 1 atom stereocenters. The summed E-state index contributed by atoms with van der Waals surface area (Å²) < 4.78 is 1.11. The number of amides is 1. The van der Waals surface area contributed by atoms with Gasteiger partial charge in [0.15, 0.2) is 0 Å². The Hall–Kier alpha value is -1.39. The molecule has 0 aliphatic carbocycles. The molecule has 1 heterocycles. The first-order valence-electron chi connectivity index (χ1n) is 6.15. The summed E-state index contributed by atoms with van der Waals surface area (Å²) in [7, 11) is 0. The predicted molar refractivity (Wildman–Crippen MR) is 75.1 cm³/mol. The van der Waals surface area contributed by atoms with Crippen LogP contribution in [0.1, 0.15) is 29.4 Å². The fourth-order valence-electron chi connectivity index (χ4n) is 1.83. The van der Waals surface area contributed by atoms with Crippen molar-refractivity contribution in [3.8, 4) is 0 Å². The molecule has 1 aromatic carbocycles. The van der Waals surface area contributed by atoms with Crippen LogP contribution in [-0.2, 0) is 0 Å². The van der Waals surface area contributed by atoms with Crippen LogP contribution in [0, 0.1) is 0 Å². The first-order valence-corrected chi connectivity index (χ1v) is 6.97. The van der Waals surface area contributed by atoms with Crippen molar-refractivity contribution >= 4 is 27.3 Å². The molecule has 2 N–H and O–H groups in total. The highest BCUT2D eigenvalue weighted by molar-refractivity contribution is 7.20. The van der Waals surface area contributed by atoms with Crippen molar-refractivity contribution in [2.45, 2.75) is 25.9 Å². The van der Waals surface area contributed by atoms with Crippen molar-refractivity contribution in [1.82, 2.24) is 5.32 Å². The molecule has 18 heavy (non-hydrogen) atoms. The lowest BCUT2D eigenvalue weighted by molar-refractivity contribution is 0.0914. The fraction of sp³-hybridized carbons (Fsp3) is 0.357. The molecular formula is C14H17NO2S. The molecule has 4 heteroatoms. The van der Waals surface area contributed by atoms with E-state index in [0.717, 1.165) is 16.5 Å². The number of benzene rings is 1. The van der Waals surface area contributed by atoms with E-state index in [-0.39, 0.29) is 5.91 Å². The van der Waals surface area contributed by atoms with Gasteiger partial charge in [0.25, 0.3) is 5.91 Å².